The van der Waals surface area contributed by atoms with E-state index in [0.717, 1.165) is 15.7 Å². The van der Waals surface area contributed by atoms with Gasteiger partial charge < -0.3 is 14.7 Å². The minimum Gasteiger partial charge on any atom is -0.394 e. The maximum Gasteiger partial charge on any atom is 0.253 e. The average molecular weight is 300 g/mol. The molecular formula is C12H14BrNO3. The van der Waals surface area contributed by atoms with Crippen molar-refractivity contribution in [2.24, 2.45) is 0 Å². The zero-order valence-corrected chi connectivity index (χ0v) is 11.1. The maximum absolute atomic E-state index is 11.8. The number of carbonyl (C=O) groups is 1. The number of hydrogen-bond donors (Lipinski definition) is 1. The third-order valence-corrected chi connectivity index (χ3v) is 3.67. The first kappa shape index (κ1) is 12.5. The lowest BCUT2D eigenvalue weighted by Crippen LogP contribution is -2.51. The molecule has 5 heteroatoms. The van der Waals surface area contributed by atoms with Gasteiger partial charge in [-0.25, -0.2) is 0 Å². The third kappa shape index (κ3) is 2.51. The molecule has 17 heavy (non-hydrogen) atoms. The van der Waals surface area contributed by atoms with Crippen LogP contribution < -0.4 is 4.90 Å². The summed E-state index contributed by atoms with van der Waals surface area (Å²) in [5, 5.41) is 9.28. The lowest BCUT2D eigenvalue weighted by atomic mass is 10.1. The van der Waals surface area contributed by atoms with Crippen molar-refractivity contribution in [2.45, 2.75) is 13.0 Å². The zero-order valence-electron chi connectivity index (χ0n) is 9.52. The van der Waals surface area contributed by atoms with E-state index < -0.39 is 0 Å². The van der Waals surface area contributed by atoms with Crippen molar-refractivity contribution in [3.05, 3.63) is 28.2 Å². The molecule has 0 saturated carbocycles. The van der Waals surface area contributed by atoms with Gasteiger partial charge >= 0.3 is 0 Å². The summed E-state index contributed by atoms with van der Waals surface area (Å²) >= 11 is 3.44. The average Bonchev–Trinajstić information content (AvgIpc) is 2.32. The van der Waals surface area contributed by atoms with E-state index in [1.807, 2.05) is 25.1 Å². The minimum atomic E-state index is -0.300. The highest BCUT2D eigenvalue weighted by atomic mass is 79.9. The number of morpholine rings is 1. The smallest absolute Gasteiger partial charge is 0.253 e. The Labute approximate surface area is 108 Å². The second-order valence-corrected chi connectivity index (χ2v) is 4.90. The van der Waals surface area contributed by atoms with Gasteiger partial charge in [0.1, 0.15) is 6.61 Å². The number of anilines is 1. The van der Waals surface area contributed by atoms with Gasteiger partial charge in [-0.3, -0.25) is 4.79 Å². The van der Waals surface area contributed by atoms with Gasteiger partial charge in [-0.15, -0.1) is 0 Å². The molecule has 0 aromatic heterocycles. The molecule has 0 radical (unpaired) electrons. The lowest BCUT2D eigenvalue weighted by Gasteiger charge is -2.34. The molecule has 92 valence electrons. The van der Waals surface area contributed by atoms with Crippen LogP contribution in [0.15, 0.2) is 22.7 Å². The molecule has 1 unspecified atom stereocenters. The van der Waals surface area contributed by atoms with E-state index in [1.165, 1.54) is 0 Å². The van der Waals surface area contributed by atoms with Gasteiger partial charge in [0.2, 0.25) is 0 Å². The summed E-state index contributed by atoms with van der Waals surface area (Å²) in [5.74, 6) is -0.119. The number of ether oxygens (including phenoxy) is 1. The van der Waals surface area contributed by atoms with E-state index in [1.54, 1.807) is 4.90 Å². The van der Waals surface area contributed by atoms with Crippen molar-refractivity contribution in [3.63, 3.8) is 0 Å². The van der Waals surface area contributed by atoms with Crippen molar-refractivity contribution in [3.8, 4) is 0 Å². The second kappa shape index (κ2) is 5.16. The van der Waals surface area contributed by atoms with E-state index in [0.29, 0.717) is 6.61 Å². The molecule has 1 aliphatic heterocycles. The molecule has 1 aromatic carbocycles. The first-order valence-electron chi connectivity index (χ1n) is 5.40. The number of aryl methyl sites for hydroxylation is 1. The van der Waals surface area contributed by atoms with E-state index in [2.05, 4.69) is 15.9 Å². The summed E-state index contributed by atoms with van der Waals surface area (Å²) in [6.45, 7) is 2.32. The van der Waals surface area contributed by atoms with Gasteiger partial charge in [-0.2, -0.15) is 0 Å². The Balaban J connectivity index is 2.34. The number of amides is 1. The van der Waals surface area contributed by atoms with Crippen LogP contribution in [0.3, 0.4) is 0 Å². The monoisotopic (exact) mass is 299 g/mol. The zero-order chi connectivity index (χ0) is 12.4. The highest BCUT2D eigenvalue weighted by Gasteiger charge is 2.29. The lowest BCUT2D eigenvalue weighted by molar-refractivity contribution is -0.128. The molecule has 0 bridgehead atoms. The molecule has 1 aliphatic rings. The maximum atomic E-state index is 11.8. The van der Waals surface area contributed by atoms with Crippen LogP contribution in [0.1, 0.15) is 5.56 Å². The Morgan fingerprint density at radius 1 is 1.59 bits per heavy atom. The third-order valence-electron chi connectivity index (χ3n) is 2.81. The summed E-state index contributed by atoms with van der Waals surface area (Å²) in [6.07, 6.45) is 0. The summed E-state index contributed by atoms with van der Waals surface area (Å²) in [4.78, 5) is 13.4. The van der Waals surface area contributed by atoms with Crippen LogP contribution in [0.4, 0.5) is 5.69 Å². The van der Waals surface area contributed by atoms with Crippen molar-refractivity contribution in [1.29, 1.82) is 0 Å². The van der Waals surface area contributed by atoms with Crippen molar-refractivity contribution in [1.82, 2.24) is 0 Å². The van der Waals surface area contributed by atoms with Gasteiger partial charge in [-0.1, -0.05) is 22.0 Å². The first-order chi connectivity index (χ1) is 8.13. The van der Waals surface area contributed by atoms with Crippen LogP contribution in [-0.2, 0) is 9.53 Å². The van der Waals surface area contributed by atoms with E-state index in [-0.39, 0.29) is 25.2 Å². The number of rotatable bonds is 2. The van der Waals surface area contributed by atoms with E-state index in [9.17, 15) is 9.90 Å². The molecule has 2 rings (SSSR count). The van der Waals surface area contributed by atoms with Crippen LogP contribution in [0.2, 0.25) is 0 Å². The Morgan fingerprint density at radius 2 is 2.35 bits per heavy atom. The number of hydrogen-bond acceptors (Lipinski definition) is 3. The number of aliphatic hydroxyl groups excluding tert-OH is 1. The van der Waals surface area contributed by atoms with Crippen LogP contribution >= 0.6 is 15.9 Å². The van der Waals surface area contributed by atoms with Gasteiger partial charge in [0, 0.05) is 10.2 Å². The van der Waals surface area contributed by atoms with Gasteiger partial charge in [0.15, 0.2) is 0 Å². The molecule has 4 nitrogen and oxygen atoms in total. The van der Waals surface area contributed by atoms with Crippen LogP contribution in [0.25, 0.3) is 0 Å². The van der Waals surface area contributed by atoms with Gasteiger partial charge in [0.25, 0.3) is 5.91 Å². The Hall–Kier alpha value is -0.910. The Kier molecular flexibility index (Phi) is 3.81. The van der Waals surface area contributed by atoms with Crippen LogP contribution in [0.5, 0.6) is 0 Å². The van der Waals surface area contributed by atoms with Gasteiger partial charge in [0.05, 0.1) is 19.3 Å². The Morgan fingerprint density at radius 3 is 3.00 bits per heavy atom. The predicted molar refractivity (Wildman–Crippen MR) is 68.1 cm³/mol. The normalized spacial score (nSPS) is 20.8. The number of aliphatic hydroxyl groups is 1. The standard InChI is InChI=1S/C12H14BrNO3/c1-8-2-3-9(4-11(8)13)14-10(5-15)6-17-7-12(14)16/h2-4,10,15H,5-7H2,1H3. The second-order valence-electron chi connectivity index (χ2n) is 4.05. The molecule has 1 amide bonds. The van der Waals surface area contributed by atoms with E-state index in [4.69, 9.17) is 4.74 Å². The fraction of sp³-hybridized carbons (Fsp3) is 0.417. The summed E-state index contributed by atoms with van der Waals surface area (Å²) in [7, 11) is 0. The molecular weight excluding hydrogens is 286 g/mol. The predicted octanol–water partition coefficient (Wildman–Crippen LogP) is 1.48. The largest absolute Gasteiger partial charge is 0.394 e. The molecule has 1 fully saturated rings. The Bertz CT molecular complexity index is 436. The molecule has 1 heterocycles. The molecule has 0 aliphatic carbocycles. The van der Waals surface area contributed by atoms with E-state index >= 15 is 0 Å². The molecule has 1 saturated heterocycles. The number of nitrogens with zero attached hydrogens (tertiary/aromatic N) is 1. The molecule has 1 atom stereocenters. The molecule has 1 aromatic rings. The van der Waals surface area contributed by atoms with Crippen molar-refractivity contribution >= 4 is 27.5 Å². The quantitative estimate of drug-likeness (QED) is 0.900. The highest BCUT2D eigenvalue weighted by molar-refractivity contribution is 9.10. The topological polar surface area (TPSA) is 49.8 Å². The van der Waals surface area contributed by atoms with Crippen LogP contribution in [-0.4, -0.2) is 36.9 Å². The van der Waals surface area contributed by atoms with Crippen LogP contribution in [0, 0.1) is 6.92 Å². The fourth-order valence-corrected chi connectivity index (χ4v) is 2.22. The van der Waals surface area contributed by atoms with Crippen molar-refractivity contribution < 1.29 is 14.6 Å². The molecule has 0 spiro atoms. The summed E-state index contributed by atoms with van der Waals surface area (Å²) < 4.78 is 6.08. The summed E-state index contributed by atoms with van der Waals surface area (Å²) in [6, 6.07) is 5.41. The highest BCUT2D eigenvalue weighted by Crippen LogP contribution is 2.26. The van der Waals surface area contributed by atoms with Crippen molar-refractivity contribution in [2.75, 3.05) is 24.7 Å². The number of halogens is 1. The van der Waals surface area contributed by atoms with Gasteiger partial charge in [-0.05, 0) is 24.6 Å². The number of carbonyl (C=O) groups excluding carboxylic acids is 1. The minimum absolute atomic E-state index is 0.0714. The number of benzene rings is 1. The first-order valence-corrected chi connectivity index (χ1v) is 6.19. The SMILES string of the molecule is Cc1ccc(N2C(=O)COCC2CO)cc1Br. The fourth-order valence-electron chi connectivity index (χ4n) is 1.85. The molecule has 1 N–H and O–H groups in total. The summed E-state index contributed by atoms with van der Waals surface area (Å²) in [5.41, 5.74) is 1.89.